The molecule has 0 saturated carbocycles. The highest BCUT2D eigenvalue weighted by molar-refractivity contribution is 5.71. The van der Waals surface area contributed by atoms with E-state index in [0.29, 0.717) is 5.75 Å². The SMILES string of the molecule is COC(Oc1cccc(CCCn2cc(C(c3ccccc3)c3ccccc3)cn2)c1)C(=O)O. The Morgan fingerprint density at radius 1 is 0.941 bits per heavy atom. The fourth-order valence-electron chi connectivity index (χ4n) is 4.06. The molecule has 0 aliphatic rings. The van der Waals surface area contributed by atoms with Gasteiger partial charge in [0.15, 0.2) is 0 Å². The lowest BCUT2D eigenvalue weighted by Crippen LogP contribution is -2.28. The molecule has 0 aliphatic heterocycles. The van der Waals surface area contributed by atoms with Crippen molar-refractivity contribution in [3.63, 3.8) is 0 Å². The van der Waals surface area contributed by atoms with E-state index in [-0.39, 0.29) is 5.92 Å². The Morgan fingerprint density at radius 2 is 1.62 bits per heavy atom. The summed E-state index contributed by atoms with van der Waals surface area (Å²) in [5.74, 6) is -0.554. The molecule has 4 aromatic rings. The van der Waals surface area contributed by atoms with Gasteiger partial charge in [-0.05, 0) is 41.7 Å². The van der Waals surface area contributed by atoms with Crippen molar-refractivity contribution in [2.45, 2.75) is 31.6 Å². The van der Waals surface area contributed by atoms with Crippen LogP contribution in [0.1, 0.15) is 34.6 Å². The second-order valence-corrected chi connectivity index (χ2v) is 8.07. The zero-order chi connectivity index (χ0) is 23.8. The summed E-state index contributed by atoms with van der Waals surface area (Å²) in [6.45, 7) is 0.775. The number of aliphatic carboxylic acids is 1. The van der Waals surface area contributed by atoms with Crippen LogP contribution in [-0.4, -0.2) is 34.3 Å². The van der Waals surface area contributed by atoms with E-state index in [1.807, 2.05) is 41.2 Å². The van der Waals surface area contributed by atoms with Crippen LogP contribution in [-0.2, 0) is 22.5 Å². The lowest BCUT2D eigenvalue weighted by atomic mass is 9.87. The van der Waals surface area contributed by atoms with Crippen LogP contribution >= 0.6 is 0 Å². The number of nitrogens with zero attached hydrogens (tertiary/aromatic N) is 2. The molecule has 0 aliphatic carbocycles. The Labute approximate surface area is 199 Å². The number of carboxylic acids is 1. The second-order valence-electron chi connectivity index (χ2n) is 8.07. The quantitative estimate of drug-likeness (QED) is 0.317. The van der Waals surface area contributed by atoms with Crippen molar-refractivity contribution in [2.75, 3.05) is 7.11 Å². The Morgan fingerprint density at radius 3 is 2.24 bits per heavy atom. The zero-order valence-electron chi connectivity index (χ0n) is 19.1. The van der Waals surface area contributed by atoms with Crippen molar-refractivity contribution < 1.29 is 19.4 Å². The molecular formula is C28H28N2O4. The van der Waals surface area contributed by atoms with Crippen LogP contribution < -0.4 is 4.74 Å². The van der Waals surface area contributed by atoms with E-state index < -0.39 is 12.3 Å². The number of rotatable bonds is 11. The number of carbonyl (C=O) groups is 1. The maximum absolute atomic E-state index is 11.1. The van der Waals surface area contributed by atoms with Crippen LogP contribution in [0.25, 0.3) is 0 Å². The summed E-state index contributed by atoms with van der Waals surface area (Å²) >= 11 is 0. The van der Waals surface area contributed by atoms with E-state index in [1.54, 1.807) is 6.07 Å². The highest BCUT2D eigenvalue weighted by Crippen LogP contribution is 2.31. The molecule has 174 valence electrons. The van der Waals surface area contributed by atoms with E-state index >= 15 is 0 Å². The van der Waals surface area contributed by atoms with Crippen molar-refractivity contribution >= 4 is 5.97 Å². The van der Waals surface area contributed by atoms with Gasteiger partial charge < -0.3 is 14.6 Å². The average molecular weight is 457 g/mol. The van der Waals surface area contributed by atoms with Gasteiger partial charge in [-0.3, -0.25) is 4.68 Å². The first-order chi connectivity index (χ1) is 16.6. The van der Waals surface area contributed by atoms with Crippen molar-refractivity contribution in [3.05, 3.63) is 120 Å². The molecule has 1 atom stereocenters. The van der Waals surface area contributed by atoms with Crippen molar-refractivity contribution in [1.29, 1.82) is 0 Å². The van der Waals surface area contributed by atoms with Gasteiger partial charge in [-0.2, -0.15) is 5.10 Å². The molecular weight excluding hydrogens is 428 g/mol. The minimum absolute atomic E-state index is 0.132. The molecule has 1 heterocycles. The van der Waals surface area contributed by atoms with Crippen LogP contribution in [0, 0.1) is 0 Å². The van der Waals surface area contributed by atoms with Gasteiger partial charge in [-0.25, -0.2) is 4.79 Å². The Kier molecular flexibility index (Phi) is 7.73. The summed E-state index contributed by atoms with van der Waals surface area (Å²) in [5, 5.41) is 13.7. The van der Waals surface area contributed by atoms with E-state index in [1.165, 1.54) is 18.2 Å². The molecule has 0 amide bonds. The standard InChI is InChI=1S/C28H28N2O4/c1-33-28(27(31)32)34-25-16-8-10-21(18-25)11-9-17-30-20-24(19-29-30)26(22-12-4-2-5-13-22)23-14-6-3-7-15-23/h2-8,10,12-16,18-20,26,28H,9,11,17H2,1H3,(H,31,32). The van der Waals surface area contributed by atoms with E-state index in [9.17, 15) is 4.79 Å². The predicted molar refractivity (Wildman–Crippen MR) is 130 cm³/mol. The molecule has 0 spiro atoms. The van der Waals surface area contributed by atoms with E-state index in [4.69, 9.17) is 14.6 Å². The topological polar surface area (TPSA) is 73.6 Å². The first kappa shape index (κ1) is 23.3. The maximum atomic E-state index is 11.1. The summed E-state index contributed by atoms with van der Waals surface area (Å²) < 4.78 is 12.2. The molecule has 1 aromatic heterocycles. The molecule has 1 N–H and O–H groups in total. The molecule has 0 radical (unpaired) electrons. The number of methoxy groups -OCH3 is 1. The summed E-state index contributed by atoms with van der Waals surface area (Å²) in [5.41, 5.74) is 4.70. The lowest BCUT2D eigenvalue weighted by molar-refractivity contribution is -0.166. The van der Waals surface area contributed by atoms with E-state index in [2.05, 4.69) is 59.8 Å². The highest BCUT2D eigenvalue weighted by Gasteiger charge is 2.19. The molecule has 1 unspecified atom stereocenters. The largest absolute Gasteiger partial charge is 0.477 e. The number of aryl methyl sites for hydroxylation is 2. The normalized spacial score (nSPS) is 11.9. The molecule has 0 saturated heterocycles. The number of benzene rings is 3. The average Bonchev–Trinajstić information content (AvgIpc) is 3.32. The first-order valence-electron chi connectivity index (χ1n) is 11.3. The molecule has 4 rings (SSSR count). The first-order valence-corrected chi connectivity index (χ1v) is 11.3. The fraction of sp³-hybridized carbons (Fsp3) is 0.214. The van der Waals surface area contributed by atoms with Gasteiger partial charge in [-0.15, -0.1) is 0 Å². The summed E-state index contributed by atoms with van der Waals surface area (Å²) in [6, 6.07) is 28.4. The van der Waals surface area contributed by atoms with Gasteiger partial charge in [0, 0.05) is 31.3 Å². The van der Waals surface area contributed by atoms with Crippen LogP contribution in [0.5, 0.6) is 5.75 Å². The van der Waals surface area contributed by atoms with Crippen LogP contribution in [0.2, 0.25) is 0 Å². The third-order valence-corrected chi connectivity index (χ3v) is 5.66. The minimum Gasteiger partial charge on any atom is -0.477 e. The Hall–Kier alpha value is -3.90. The second kappa shape index (κ2) is 11.3. The third-order valence-electron chi connectivity index (χ3n) is 5.66. The van der Waals surface area contributed by atoms with Gasteiger partial charge in [0.25, 0.3) is 6.29 Å². The molecule has 0 fully saturated rings. The molecule has 6 nitrogen and oxygen atoms in total. The fourth-order valence-corrected chi connectivity index (χ4v) is 4.06. The van der Waals surface area contributed by atoms with Gasteiger partial charge in [-0.1, -0.05) is 72.8 Å². The number of carboxylic acid groups (broad SMARTS) is 1. The monoisotopic (exact) mass is 456 g/mol. The highest BCUT2D eigenvalue weighted by atomic mass is 16.7. The Bertz CT molecular complexity index is 1150. The number of ether oxygens (including phenoxy) is 2. The zero-order valence-corrected chi connectivity index (χ0v) is 19.1. The molecule has 3 aromatic carbocycles. The van der Waals surface area contributed by atoms with Crippen LogP contribution in [0.4, 0.5) is 0 Å². The van der Waals surface area contributed by atoms with Gasteiger partial charge in [0.1, 0.15) is 5.75 Å². The van der Waals surface area contributed by atoms with Gasteiger partial charge in [0.2, 0.25) is 0 Å². The van der Waals surface area contributed by atoms with Crippen molar-refractivity contribution in [3.8, 4) is 5.75 Å². The van der Waals surface area contributed by atoms with Crippen molar-refractivity contribution in [1.82, 2.24) is 9.78 Å². The number of hydrogen-bond donors (Lipinski definition) is 1. The third kappa shape index (κ3) is 5.91. The summed E-state index contributed by atoms with van der Waals surface area (Å²) in [4.78, 5) is 11.1. The van der Waals surface area contributed by atoms with Gasteiger partial charge in [0.05, 0.1) is 6.20 Å². The summed E-state index contributed by atoms with van der Waals surface area (Å²) in [7, 11) is 1.31. The predicted octanol–water partition coefficient (Wildman–Crippen LogP) is 5.13. The van der Waals surface area contributed by atoms with E-state index in [0.717, 1.165) is 30.5 Å². The lowest BCUT2D eigenvalue weighted by Gasteiger charge is -2.16. The molecule has 34 heavy (non-hydrogen) atoms. The minimum atomic E-state index is -1.32. The molecule has 6 heteroatoms. The van der Waals surface area contributed by atoms with Gasteiger partial charge >= 0.3 is 5.97 Å². The summed E-state index contributed by atoms with van der Waals surface area (Å²) in [6.07, 6.45) is 4.46. The molecule has 0 bridgehead atoms. The number of aromatic nitrogens is 2. The van der Waals surface area contributed by atoms with Crippen LogP contribution in [0.15, 0.2) is 97.3 Å². The Balaban J connectivity index is 1.41. The van der Waals surface area contributed by atoms with Crippen LogP contribution in [0.3, 0.4) is 0 Å². The van der Waals surface area contributed by atoms with Crippen molar-refractivity contribution in [2.24, 2.45) is 0 Å². The maximum Gasteiger partial charge on any atom is 0.373 e. The smallest absolute Gasteiger partial charge is 0.373 e. The number of hydrogen-bond acceptors (Lipinski definition) is 4.